The monoisotopic (exact) mass is 310 g/mol. The van der Waals surface area contributed by atoms with Crippen LogP contribution in [0.25, 0.3) is 10.6 Å². The van der Waals surface area contributed by atoms with Crippen LogP contribution in [0.3, 0.4) is 0 Å². The van der Waals surface area contributed by atoms with Crippen molar-refractivity contribution in [3.8, 4) is 10.6 Å². The molecule has 0 bridgehead atoms. The Balaban J connectivity index is 2.53. The molecule has 0 spiro atoms. The van der Waals surface area contributed by atoms with Crippen LogP contribution < -0.4 is 5.73 Å². The zero-order valence-electron chi connectivity index (χ0n) is 10.1. The van der Waals surface area contributed by atoms with Crippen LogP contribution in [0.1, 0.15) is 29.1 Å². The van der Waals surface area contributed by atoms with E-state index in [2.05, 4.69) is 40.0 Å². The fraction of sp³-hybridized carbons (Fsp3) is 0.308. The van der Waals surface area contributed by atoms with Crippen LogP contribution in [0.4, 0.5) is 0 Å². The van der Waals surface area contributed by atoms with Gasteiger partial charge in [0.05, 0.1) is 5.69 Å². The van der Waals surface area contributed by atoms with E-state index < -0.39 is 0 Å². The Labute approximate surface area is 114 Å². The second-order valence-corrected chi connectivity index (χ2v) is 6.16. The third-order valence-corrected chi connectivity index (χ3v) is 4.56. The molecule has 90 valence electrons. The van der Waals surface area contributed by atoms with Gasteiger partial charge in [-0.3, -0.25) is 0 Å². The lowest BCUT2D eigenvalue weighted by Crippen LogP contribution is -2.03. The van der Waals surface area contributed by atoms with Crippen molar-refractivity contribution in [2.24, 2.45) is 5.73 Å². The van der Waals surface area contributed by atoms with Gasteiger partial charge in [-0.05, 0) is 38.5 Å². The molecule has 0 fully saturated rings. The molecule has 1 heterocycles. The van der Waals surface area contributed by atoms with E-state index in [0.717, 1.165) is 15.2 Å². The van der Waals surface area contributed by atoms with E-state index >= 15 is 0 Å². The van der Waals surface area contributed by atoms with E-state index in [1.807, 2.05) is 19.9 Å². The Morgan fingerprint density at radius 3 is 2.65 bits per heavy atom. The van der Waals surface area contributed by atoms with Crippen molar-refractivity contribution in [1.29, 1.82) is 0 Å². The van der Waals surface area contributed by atoms with Gasteiger partial charge in [0.25, 0.3) is 0 Å². The highest BCUT2D eigenvalue weighted by molar-refractivity contribution is 9.10. The van der Waals surface area contributed by atoms with Gasteiger partial charge < -0.3 is 5.73 Å². The third kappa shape index (κ3) is 2.59. The number of nitrogens with zero attached hydrogens (tertiary/aromatic N) is 1. The minimum Gasteiger partial charge on any atom is -0.323 e. The molecule has 2 nitrogen and oxygen atoms in total. The lowest BCUT2D eigenvalue weighted by atomic mass is 10.1. The molecule has 0 aliphatic carbocycles. The van der Waals surface area contributed by atoms with E-state index in [9.17, 15) is 0 Å². The predicted octanol–water partition coefficient (Wildman–Crippen LogP) is 4.21. The van der Waals surface area contributed by atoms with Crippen LogP contribution in [0.2, 0.25) is 0 Å². The Morgan fingerprint density at radius 2 is 2.06 bits per heavy atom. The van der Waals surface area contributed by atoms with Gasteiger partial charge >= 0.3 is 0 Å². The maximum atomic E-state index is 5.94. The number of hydrogen-bond acceptors (Lipinski definition) is 3. The van der Waals surface area contributed by atoms with Crippen molar-refractivity contribution in [2.75, 3.05) is 0 Å². The number of aryl methyl sites for hydroxylation is 2. The zero-order chi connectivity index (χ0) is 12.6. The second-order valence-electron chi connectivity index (χ2n) is 4.22. The fourth-order valence-electron chi connectivity index (χ4n) is 1.77. The lowest BCUT2D eigenvalue weighted by Gasteiger charge is -2.02. The zero-order valence-corrected chi connectivity index (χ0v) is 12.5. The standard InChI is InChI=1S/C13H15BrN2S/c1-7-4-5-10(14)6-11(7)13-16-9(3)12(17-13)8(2)15/h4-6,8H,15H2,1-3H3. The minimum atomic E-state index is 0.0497. The van der Waals surface area contributed by atoms with Crippen LogP contribution in [0.15, 0.2) is 22.7 Å². The van der Waals surface area contributed by atoms with E-state index in [-0.39, 0.29) is 6.04 Å². The molecule has 4 heteroatoms. The topological polar surface area (TPSA) is 38.9 Å². The van der Waals surface area contributed by atoms with Gasteiger partial charge in [0, 0.05) is 21.0 Å². The SMILES string of the molecule is Cc1ccc(Br)cc1-c1nc(C)c(C(C)N)s1. The lowest BCUT2D eigenvalue weighted by molar-refractivity contribution is 0.825. The number of halogens is 1. The van der Waals surface area contributed by atoms with Gasteiger partial charge in [0.2, 0.25) is 0 Å². The van der Waals surface area contributed by atoms with E-state index in [1.54, 1.807) is 11.3 Å². The van der Waals surface area contributed by atoms with Crippen molar-refractivity contribution >= 4 is 27.3 Å². The van der Waals surface area contributed by atoms with Crippen molar-refractivity contribution in [2.45, 2.75) is 26.8 Å². The number of aromatic nitrogens is 1. The quantitative estimate of drug-likeness (QED) is 0.902. The van der Waals surface area contributed by atoms with Crippen LogP contribution in [0.5, 0.6) is 0 Å². The smallest absolute Gasteiger partial charge is 0.124 e. The van der Waals surface area contributed by atoms with Crippen molar-refractivity contribution < 1.29 is 0 Å². The fourth-order valence-corrected chi connectivity index (χ4v) is 3.23. The van der Waals surface area contributed by atoms with Gasteiger partial charge in [-0.1, -0.05) is 22.0 Å². The van der Waals surface area contributed by atoms with Gasteiger partial charge in [-0.25, -0.2) is 4.98 Å². The third-order valence-electron chi connectivity index (χ3n) is 2.68. The van der Waals surface area contributed by atoms with Crippen LogP contribution >= 0.6 is 27.3 Å². The average Bonchev–Trinajstić information content (AvgIpc) is 2.64. The van der Waals surface area contributed by atoms with E-state index in [4.69, 9.17) is 5.73 Å². The van der Waals surface area contributed by atoms with E-state index in [0.29, 0.717) is 0 Å². The Kier molecular flexibility index (Phi) is 3.66. The first kappa shape index (κ1) is 12.7. The Hall–Kier alpha value is -0.710. The Morgan fingerprint density at radius 1 is 1.35 bits per heavy atom. The summed E-state index contributed by atoms with van der Waals surface area (Å²) in [5.74, 6) is 0. The molecule has 0 saturated heterocycles. The minimum absolute atomic E-state index is 0.0497. The van der Waals surface area contributed by atoms with Gasteiger partial charge in [-0.15, -0.1) is 11.3 Å². The first-order valence-electron chi connectivity index (χ1n) is 5.48. The van der Waals surface area contributed by atoms with Crippen molar-refractivity contribution in [3.63, 3.8) is 0 Å². The molecule has 1 aromatic carbocycles. The van der Waals surface area contributed by atoms with Gasteiger partial charge in [0.15, 0.2) is 0 Å². The molecule has 1 atom stereocenters. The van der Waals surface area contributed by atoms with Crippen LogP contribution in [-0.2, 0) is 0 Å². The summed E-state index contributed by atoms with van der Waals surface area (Å²) in [5, 5.41) is 1.05. The van der Waals surface area contributed by atoms with Crippen LogP contribution in [0, 0.1) is 13.8 Å². The molecule has 0 radical (unpaired) electrons. The van der Waals surface area contributed by atoms with Gasteiger partial charge in [0.1, 0.15) is 5.01 Å². The predicted molar refractivity (Wildman–Crippen MR) is 77.3 cm³/mol. The summed E-state index contributed by atoms with van der Waals surface area (Å²) in [4.78, 5) is 5.79. The first-order chi connectivity index (χ1) is 7.99. The molecule has 2 N–H and O–H groups in total. The summed E-state index contributed by atoms with van der Waals surface area (Å²) < 4.78 is 1.08. The average molecular weight is 311 g/mol. The summed E-state index contributed by atoms with van der Waals surface area (Å²) in [6.07, 6.45) is 0. The normalized spacial score (nSPS) is 12.8. The highest BCUT2D eigenvalue weighted by Gasteiger charge is 2.13. The highest BCUT2D eigenvalue weighted by Crippen LogP contribution is 2.33. The maximum absolute atomic E-state index is 5.94. The molecular formula is C13H15BrN2S. The largest absolute Gasteiger partial charge is 0.323 e. The molecule has 2 aromatic rings. The summed E-state index contributed by atoms with van der Waals surface area (Å²) >= 11 is 5.19. The molecule has 1 aromatic heterocycles. The Bertz CT molecular complexity index is 546. The molecule has 17 heavy (non-hydrogen) atoms. The van der Waals surface area contributed by atoms with Crippen molar-refractivity contribution in [1.82, 2.24) is 4.98 Å². The maximum Gasteiger partial charge on any atom is 0.124 e. The summed E-state index contributed by atoms with van der Waals surface area (Å²) in [6.45, 7) is 6.12. The van der Waals surface area contributed by atoms with Gasteiger partial charge in [-0.2, -0.15) is 0 Å². The van der Waals surface area contributed by atoms with Crippen molar-refractivity contribution in [3.05, 3.63) is 38.8 Å². The summed E-state index contributed by atoms with van der Waals surface area (Å²) in [7, 11) is 0. The molecule has 0 amide bonds. The highest BCUT2D eigenvalue weighted by atomic mass is 79.9. The second kappa shape index (κ2) is 4.88. The number of benzene rings is 1. The number of hydrogen-bond donors (Lipinski definition) is 1. The number of thiazole rings is 1. The summed E-state index contributed by atoms with van der Waals surface area (Å²) in [6, 6.07) is 6.31. The molecule has 0 saturated carbocycles. The molecule has 0 aliphatic rings. The molecule has 2 rings (SSSR count). The molecule has 1 unspecified atom stereocenters. The first-order valence-corrected chi connectivity index (χ1v) is 7.09. The van der Waals surface area contributed by atoms with Crippen LogP contribution in [-0.4, -0.2) is 4.98 Å². The van der Waals surface area contributed by atoms with E-state index in [1.165, 1.54) is 16.0 Å². The molecule has 0 aliphatic heterocycles. The number of rotatable bonds is 2. The summed E-state index contributed by atoms with van der Waals surface area (Å²) in [5.41, 5.74) is 9.39. The number of nitrogens with two attached hydrogens (primary N) is 1. The molecular weight excluding hydrogens is 296 g/mol.